The van der Waals surface area contributed by atoms with Crippen LogP contribution in [0.2, 0.25) is 0 Å². The summed E-state index contributed by atoms with van der Waals surface area (Å²) < 4.78 is 22.0. The maximum absolute atomic E-state index is 13.3. The number of carbonyl (C=O) groups is 2. The van der Waals surface area contributed by atoms with Crippen molar-refractivity contribution in [3.05, 3.63) is 62.5 Å². The van der Waals surface area contributed by atoms with E-state index < -0.39 is 29.1 Å². The Kier molecular flexibility index (Phi) is 10.5. The summed E-state index contributed by atoms with van der Waals surface area (Å²) in [5.74, 6) is -2.40. The van der Waals surface area contributed by atoms with Gasteiger partial charge in [-0.3, -0.25) is 10.1 Å². The minimum atomic E-state index is -1.04. The van der Waals surface area contributed by atoms with Gasteiger partial charge in [0.25, 0.3) is 5.69 Å². The Bertz CT molecular complexity index is 969. The lowest BCUT2D eigenvalue weighted by molar-refractivity contribution is -0.384. The van der Waals surface area contributed by atoms with Crippen molar-refractivity contribution >= 4 is 29.2 Å². The summed E-state index contributed by atoms with van der Waals surface area (Å²) in [6.45, 7) is 7.41. The number of benzene rings is 1. The van der Waals surface area contributed by atoms with Gasteiger partial charge >= 0.3 is 11.9 Å². The van der Waals surface area contributed by atoms with Crippen LogP contribution in [0.3, 0.4) is 0 Å². The third kappa shape index (κ3) is 6.34. The molecular weight excluding hydrogens is 468 g/mol. The number of nitro benzene ring substituents is 1. The summed E-state index contributed by atoms with van der Waals surface area (Å²) in [6.07, 6.45) is -0.967. The van der Waals surface area contributed by atoms with Crippen molar-refractivity contribution in [2.24, 2.45) is 0 Å². The molecule has 0 radical (unpaired) electrons. The first kappa shape index (κ1) is 27.3. The lowest BCUT2D eigenvalue weighted by atomic mass is 9.80. The van der Waals surface area contributed by atoms with E-state index >= 15 is 0 Å². The summed E-state index contributed by atoms with van der Waals surface area (Å²) in [5.41, 5.74) is 0.911. The largest absolute Gasteiger partial charge is 0.463 e. The first-order valence-corrected chi connectivity index (χ1v) is 11.4. The van der Waals surface area contributed by atoms with Gasteiger partial charge in [-0.1, -0.05) is 12.1 Å². The normalized spacial score (nSPS) is 15.9. The highest BCUT2D eigenvalue weighted by atomic mass is 35.5. The number of nitro groups is 1. The zero-order valence-electron chi connectivity index (χ0n) is 19.6. The van der Waals surface area contributed by atoms with Crippen LogP contribution in [0.5, 0.6) is 0 Å². The summed E-state index contributed by atoms with van der Waals surface area (Å²) >= 11 is 5.68. The van der Waals surface area contributed by atoms with Gasteiger partial charge in [0.2, 0.25) is 0 Å². The fourth-order valence-electron chi connectivity index (χ4n) is 3.62. The van der Waals surface area contributed by atoms with Gasteiger partial charge in [-0.05, 0) is 33.3 Å². The highest BCUT2D eigenvalue weighted by Gasteiger charge is 2.41. The standard InChI is InChI=1S/C23H29ClN2O8/c1-5-31-22(28)19-18(15-9-8-10-16(13-15)26(29)30)17(21(27)34-12-11-24)14(4)25-20(19)23(32-6-2)33-7-3/h8-10,13,18,23,25H,5-7,11-12H2,1-4H3. The molecule has 1 aromatic carbocycles. The van der Waals surface area contributed by atoms with E-state index in [1.807, 2.05) is 0 Å². The topological polar surface area (TPSA) is 126 Å². The molecule has 0 aromatic heterocycles. The zero-order valence-corrected chi connectivity index (χ0v) is 20.3. The number of alkyl halides is 1. The Balaban J connectivity index is 2.82. The maximum atomic E-state index is 13.3. The van der Waals surface area contributed by atoms with E-state index in [9.17, 15) is 19.7 Å². The number of nitrogens with one attached hydrogen (secondary N) is 1. The average molecular weight is 497 g/mol. The van der Waals surface area contributed by atoms with Crippen molar-refractivity contribution in [2.75, 3.05) is 32.3 Å². The molecule has 0 saturated heterocycles. The Labute approximate surface area is 203 Å². The summed E-state index contributed by atoms with van der Waals surface area (Å²) in [4.78, 5) is 37.2. The molecule has 34 heavy (non-hydrogen) atoms. The van der Waals surface area contributed by atoms with E-state index in [1.165, 1.54) is 18.2 Å². The van der Waals surface area contributed by atoms with Crippen molar-refractivity contribution < 1.29 is 33.5 Å². The number of nitrogens with zero attached hydrogens (tertiary/aromatic N) is 1. The van der Waals surface area contributed by atoms with Crippen LogP contribution in [0.1, 0.15) is 39.2 Å². The molecule has 186 valence electrons. The maximum Gasteiger partial charge on any atom is 0.336 e. The van der Waals surface area contributed by atoms with Crippen LogP contribution in [0.15, 0.2) is 46.8 Å². The average Bonchev–Trinajstić information content (AvgIpc) is 2.81. The molecule has 0 saturated carbocycles. The molecule has 10 nitrogen and oxygen atoms in total. The van der Waals surface area contributed by atoms with E-state index in [0.29, 0.717) is 11.3 Å². The molecule has 1 atom stereocenters. The van der Waals surface area contributed by atoms with E-state index in [-0.39, 0.29) is 54.8 Å². The van der Waals surface area contributed by atoms with Crippen LogP contribution >= 0.6 is 11.6 Å². The minimum absolute atomic E-state index is 0.0395. The number of rotatable bonds is 12. The molecular formula is C23H29ClN2O8. The van der Waals surface area contributed by atoms with Crippen LogP contribution in [0.4, 0.5) is 5.69 Å². The van der Waals surface area contributed by atoms with E-state index in [1.54, 1.807) is 33.8 Å². The molecule has 1 N–H and O–H groups in total. The monoisotopic (exact) mass is 496 g/mol. The number of non-ortho nitro benzene ring substituents is 1. The van der Waals surface area contributed by atoms with Crippen LogP contribution in [-0.4, -0.2) is 55.5 Å². The van der Waals surface area contributed by atoms with E-state index in [2.05, 4.69) is 5.32 Å². The Hall–Kier alpha value is -2.95. The van der Waals surface area contributed by atoms with Gasteiger partial charge in [0.05, 0.1) is 40.2 Å². The third-order valence-corrected chi connectivity index (χ3v) is 5.06. The molecule has 1 unspecified atom stereocenters. The fourth-order valence-corrected chi connectivity index (χ4v) is 3.70. The molecule has 0 aliphatic carbocycles. The second kappa shape index (κ2) is 13.1. The van der Waals surface area contributed by atoms with Gasteiger partial charge in [0.1, 0.15) is 6.61 Å². The molecule has 2 rings (SSSR count). The van der Waals surface area contributed by atoms with Gasteiger partial charge in [0, 0.05) is 31.0 Å². The minimum Gasteiger partial charge on any atom is -0.463 e. The van der Waals surface area contributed by atoms with Gasteiger partial charge in [0.15, 0.2) is 6.29 Å². The molecule has 1 aliphatic heterocycles. The Morgan fingerprint density at radius 2 is 1.74 bits per heavy atom. The van der Waals surface area contributed by atoms with E-state index in [0.717, 1.165) is 0 Å². The van der Waals surface area contributed by atoms with Crippen molar-refractivity contribution in [1.82, 2.24) is 5.32 Å². The van der Waals surface area contributed by atoms with Gasteiger partial charge in [-0.25, -0.2) is 9.59 Å². The van der Waals surface area contributed by atoms with Crippen molar-refractivity contribution in [2.45, 2.75) is 39.9 Å². The Morgan fingerprint density at radius 3 is 2.29 bits per heavy atom. The number of ether oxygens (including phenoxy) is 4. The lowest BCUT2D eigenvalue weighted by Crippen LogP contribution is -2.39. The molecule has 0 amide bonds. The first-order valence-electron chi connectivity index (χ1n) is 10.9. The molecule has 0 bridgehead atoms. The van der Waals surface area contributed by atoms with Crippen LogP contribution in [0.25, 0.3) is 0 Å². The van der Waals surface area contributed by atoms with Gasteiger partial charge < -0.3 is 24.3 Å². The van der Waals surface area contributed by atoms with Crippen molar-refractivity contribution in [3.63, 3.8) is 0 Å². The van der Waals surface area contributed by atoms with Gasteiger partial charge in [-0.2, -0.15) is 0 Å². The number of dihydropyridines is 1. The van der Waals surface area contributed by atoms with Crippen LogP contribution in [-0.2, 0) is 28.5 Å². The molecule has 1 aliphatic rings. The van der Waals surface area contributed by atoms with Crippen LogP contribution in [0, 0.1) is 10.1 Å². The van der Waals surface area contributed by atoms with Crippen molar-refractivity contribution in [3.8, 4) is 0 Å². The molecule has 1 heterocycles. The quantitative estimate of drug-likeness (QED) is 0.152. The number of hydrogen-bond donors (Lipinski definition) is 1. The number of carbonyl (C=O) groups excluding carboxylic acids is 2. The Morgan fingerprint density at radius 1 is 1.09 bits per heavy atom. The number of hydrogen-bond acceptors (Lipinski definition) is 9. The number of esters is 2. The summed E-state index contributed by atoms with van der Waals surface area (Å²) in [7, 11) is 0. The lowest BCUT2D eigenvalue weighted by Gasteiger charge is -2.34. The smallest absolute Gasteiger partial charge is 0.336 e. The highest BCUT2D eigenvalue weighted by molar-refractivity contribution is 6.18. The number of allylic oxidation sites excluding steroid dienone is 1. The zero-order chi connectivity index (χ0) is 25.3. The summed E-state index contributed by atoms with van der Waals surface area (Å²) in [5, 5.41) is 14.5. The van der Waals surface area contributed by atoms with Crippen molar-refractivity contribution in [1.29, 1.82) is 0 Å². The second-order valence-electron chi connectivity index (χ2n) is 7.06. The van der Waals surface area contributed by atoms with Gasteiger partial charge in [-0.15, -0.1) is 11.6 Å². The number of halogens is 1. The second-order valence-corrected chi connectivity index (χ2v) is 7.44. The highest BCUT2D eigenvalue weighted by Crippen LogP contribution is 2.41. The fraction of sp³-hybridized carbons (Fsp3) is 0.478. The molecule has 0 spiro atoms. The molecule has 1 aromatic rings. The summed E-state index contributed by atoms with van der Waals surface area (Å²) in [6, 6.07) is 5.71. The molecule has 0 fully saturated rings. The van der Waals surface area contributed by atoms with Crippen LogP contribution < -0.4 is 5.32 Å². The molecule has 11 heteroatoms. The first-order chi connectivity index (χ1) is 16.3. The predicted molar refractivity (Wildman–Crippen MR) is 124 cm³/mol. The SMILES string of the molecule is CCOC(=O)C1=C(C(OCC)OCC)NC(C)=C(C(=O)OCCCl)C1c1cccc([N+](=O)[O-])c1. The van der Waals surface area contributed by atoms with E-state index in [4.69, 9.17) is 30.5 Å². The third-order valence-electron chi connectivity index (χ3n) is 4.91. The predicted octanol–water partition coefficient (Wildman–Crippen LogP) is 3.55.